The van der Waals surface area contributed by atoms with Gasteiger partial charge in [0.05, 0.1) is 5.60 Å². The lowest BCUT2D eigenvalue weighted by Crippen LogP contribution is -2.47. The molecule has 3 aliphatic rings. The van der Waals surface area contributed by atoms with Crippen molar-refractivity contribution in [3.63, 3.8) is 0 Å². The lowest BCUT2D eigenvalue weighted by atomic mass is 9.67. The van der Waals surface area contributed by atoms with Gasteiger partial charge in [-0.05, 0) is 69.0 Å². The maximum Gasteiger partial charge on any atom is 0.115 e. The number of aromatic nitrogens is 3. The highest BCUT2D eigenvalue weighted by Crippen LogP contribution is 2.49. The average molecular weight is 407 g/mol. The van der Waals surface area contributed by atoms with Crippen molar-refractivity contribution in [2.45, 2.75) is 87.7 Å². The van der Waals surface area contributed by atoms with E-state index < -0.39 is 0 Å². The Labute approximate surface area is 180 Å². The minimum atomic E-state index is 0.0832. The van der Waals surface area contributed by atoms with Gasteiger partial charge in [-0.25, -0.2) is 9.97 Å². The molecule has 0 bridgehead atoms. The first-order chi connectivity index (χ1) is 14.8. The molecule has 1 atom stereocenters. The summed E-state index contributed by atoms with van der Waals surface area (Å²) >= 11 is 0. The van der Waals surface area contributed by atoms with Crippen LogP contribution < -0.4 is 5.32 Å². The van der Waals surface area contributed by atoms with E-state index >= 15 is 0 Å². The predicted molar refractivity (Wildman–Crippen MR) is 117 cm³/mol. The standard InChI is InChI=1S/C25H34N4O/c1-2-9-25(8-1)18-24(11-13-30-25,10-12-26-14-20-15-27-19-28-16-20)23-7-6-22(17-29-23)21-4-3-5-21/h6-7,15-17,19,21,26H,1-5,8-14,18H2/t24-/m1/s1. The largest absolute Gasteiger partial charge is 0.375 e. The lowest BCUT2D eigenvalue weighted by molar-refractivity contribution is -0.104. The fraction of sp³-hybridized carbons (Fsp3) is 0.640. The third kappa shape index (κ3) is 4.15. The van der Waals surface area contributed by atoms with Gasteiger partial charge in [-0.1, -0.05) is 25.3 Å². The van der Waals surface area contributed by atoms with Crippen LogP contribution in [-0.4, -0.2) is 33.7 Å². The molecule has 5 rings (SSSR count). The van der Waals surface area contributed by atoms with Crippen LogP contribution in [-0.2, 0) is 16.7 Å². The maximum absolute atomic E-state index is 6.40. The van der Waals surface area contributed by atoms with Gasteiger partial charge < -0.3 is 10.1 Å². The van der Waals surface area contributed by atoms with Crippen molar-refractivity contribution in [3.8, 4) is 0 Å². The topological polar surface area (TPSA) is 59.9 Å². The number of pyridine rings is 1. The maximum atomic E-state index is 6.40. The zero-order chi connectivity index (χ0) is 20.3. The minimum Gasteiger partial charge on any atom is -0.375 e. The summed E-state index contributed by atoms with van der Waals surface area (Å²) in [5, 5.41) is 3.62. The molecule has 30 heavy (non-hydrogen) atoms. The normalized spacial score (nSPS) is 26.0. The third-order valence-electron chi connectivity index (χ3n) is 7.79. The number of nitrogens with zero attached hydrogens (tertiary/aromatic N) is 3. The summed E-state index contributed by atoms with van der Waals surface area (Å²) in [6.45, 7) is 2.64. The summed E-state index contributed by atoms with van der Waals surface area (Å²) in [5.74, 6) is 0.744. The molecule has 160 valence electrons. The molecule has 0 amide bonds. The molecule has 5 heteroatoms. The summed E-state index contributed by atoms with van der Waals surface area (Å²) in [4.78, 5) is 13.3. The van der Waals surface area contributed by atoms with Crippen molar-refractivity contribution in [3.05, 3.63) is 53.9 Å². The van der Waals surface area contributed by atoms with Crippen LogP contribution in [0.25, 0.3) is 0 Å². The summed E-state index contributed by atoms with van der Waals surface area (Å²) < 4.78 is 6.40. The zero-order valence-electron chi connectivity index (χ0n) is 18.0. The molecule has 3 fully saturated rings. The Morgan fingerprint density at radius 2 is 1.83 bits per heavy atom. The van der Waals surface area contributed by atoms with Crippen LogP contribution in [0.3, 0.4) is 0 Å². The summed E-state index contributed by atoms with van der Waals surface area (Å²) in [5.41, 5.74) is 4.05. The summed E-state index contributed by atoms with van der Waals surface area (Å²) in [6.07, 6.45) is 19.9. The van der Waals surface area contributed by atoms with Gasteiger partial charge in [0.1, 0.15) is 6.33 Å². The molecular weight excluding hydrogens is 372 g/mol. The molecule has 1 aliphatic heterocycles. The first kappa shape index (κ1) is 20.1. The first-order valence-electron chi connectivity index (χ1n) is 11.8. The average Bonchev–Trinajstić information content (AvgIpc) is 3.19. The van der Waals surface area contributed by atoms with Crippen molar-refractivity contribution in [1.29, 1.82) is 0 Å². The Morgan fingerprint density at radius 3 is 2.53 bits per heavy atom. The molecule has 2 aliphatic carbocycles. The Morgan fingerprint density at radius 1 is 1.00 bits per heavy atom. The number of hydrogen-bond acceptors (Lipinski definition) is 5. The number of hydrogen-bond donors (Lipinski definition) is 1. The van der Waals surface area contributed by atoms with Crippen LogP contribution in [0.1, 0.15) is 86.9 Å². The van der Waals surface area contributed by atoms with Crippen LogP contribution in [0.4, 0.5) is 0 Å². The highest BCUT2D eigenvalue weighted by atomic mass is 16.5. The van der Waals surface area contributed by atoms with Gasteiger partial charge >= 0.3 is 0 Å². The second kappa shape index (κ2) is 8.72. The molecular formula is C25H34N4O. The van der Waals surface area contributed by atoms with E-state index in [4.69, 9.17) is 9.72 Å². The molecule has 0 unspecified atom stereocenters. The van der Waals surface area contributed by atoms with E-state index in [-0.39, 0.29) is 11.0 Å². The Bertz CT molecular complexity index is 815. The van der Waals surface area contributed by atoms with Crippen LogP contribution in [0.5, 0.6) is 0 Å². The van der Waals surface area contributed by atoms with Gasteiger partial charge in [-0.2, -0.15) is 0 Å². The van der Waals surface area contributed by atoms with E-state index in [0.717, 1.165) is 50.4 Å². The van der Waals surface area contributed by atoms with Crippen LogP contribution in [0.15, 0.2) is 37.1 Å². The van der Waals surface area contributed by atoms with Crippen molar-refractivity contribution < 1.29 is 4.74 Å². The first-order valence-corrected chi connectivity index (χ1v) is 11.8. The fourth-order valence-corrected chi connectivity index (χ4v) is 5.80. The molecule has 2 aromatic heterocycles. The third-order valence-corrected chi connectivity index (χ3v) is 7.79. The van der Waals surface area contributed by atoms with E-state index in [9.17, 15) is 0 Å². The SMILES string of the molecule is c1ncc(CNCC[C@@]2(c3ccc(C4CCC4)cn3)CCOC3(CCCC3)C2)cn1. The Balaban J connectivity index is 1.32. The molecule has 3 heterocycles. The Kier molecular flexibility index (Phi) is 5.83. The van der Waals surface area contributed by atoms with E-state index in [2.05, 4.69) is 33.6 Å². The minimum absolute atomic E-state index is 0.0832. The van der Waals surface area contributed by atoms with Crippen LogP contribution in [0, 0.1) is 0 Å². The second-order valence-electron chi connectivity index (χ2n) is 9.72. The van der Waals surface area contributed by atoms with E-state index in [0.29, 0.717) is 0 Å². The number of ether oxygens (including phenoxy) is 1. The van der Waals surface area contributed by atoms with Gasteiger partial charge in [0, 0.05) is 48.4 Å². The lowest BCUT2D eigenvalue weighted by Gasteiger charge is -2.46. The quantitative estimate of drug-likeness (QED) is 0.677. The van der Waals surface area contributed by atoms with Crippen molar-refractivity contribution >= 4 is 0 Å². The molecule has 2 saturated carbocycles. The smallest absolute Gasteiger partial charge is 0.115 e. The number of nitrogens with one attached hydrogen (secondary N) is 1. The second-order valence-corrected chi connectivity index (χ2v) is 9.72. The highest BCUT2D eigenvalue weighted by Gasteiger charge is 2.48. The molecule has 1 spiro atoms. The van der Waals surface area contributed by atoms with Crippen LogP contribution >= 0.6 is 0 Å². The van der Waals surface area contributed by atoms with Crippen molar-refractivity contribution in [1.82, 2.24) is 20.3 Å². The monoisotopic (exact) mass is 406 g/mol. The van der Waals surface area contributed by atoms with Gasteiger partial charge in [-0.15, -0.1) is 0 Å². The molecule has 1 N–H and O–H groups in total. The van der Waals surface area contributed by atoms with Gasteiger partial charge in [0.15, 0.2) is 0 Å². The fourth-order valence-electron chi connectivity index (χ4n) is 5.80. The molecule has 1 saturated heterocycles. The van der Waals surface area contributed by atoms with Crippen LogP contribution in [0.2, 0.25) is 0 Å². The summed E-state index contributed by atoms with van der Waals surface area (Å²) in [7, 11) is 0. The molecule has 5 nitrogen and oxygen atoms in total. The number of rotatable bonds is 7. The van der Waals surface area contributed by atoms with Crippen molar-refractivity contribution in [2.75, 3.05) is 13.2 Å². The molecule has 2 aromatic rings. The van der Waals surface area contributed by atoms with Crippen molar-refractivity contribution in [2.24, 2.45) is 0 Å². The predicted octanol–water partition coefficient (Wildman–Crippen LogP) is 4.68. The van der Waals surface area contributed by atoms with E-state index in [1.165, 1.54) is 56.2 Å². The van der Waals surface area contributed by atoms with E-state index in [1.54, 1.807) is 6.33 Å². The molecule has 0 radical (unpaired) electrons. The van der Waals surface area contributed by atoms with E-state index in [1.807, 2.05) is 12.4 Å². The Hall–Kier alpha value is -1.85. The zero-order valence-corrected chi connectivity index (χ0v) is 18.0. The van der Waals surface area contributed by atoms with Gasteiger partial charge in [0.2, 0.25) is 0 Å². The van der Waals surface area contributed by atoms with Gasteiger partial charge in [-0.3, -0.25) is 4.98 Å². The highest BCUT2D eigenvalue weighted by molar-refractivity contribution is 5.26. The molecule has 0 aromatic carbocycles. The summed E-state index contributed by atoms with van der Waals surface area (Å²) in [6, 6.07) is 4.70. The van der Waals surface area contributed by atoms with Gasteiger partial charge in [0.25, 0.3) is 0 Å².